The van der Waals surface area contributed by atoms with Crippen LogP contribution in [0.1, 0.15) is 23.8 Å². The van der Waals surface area contributed by atoms with Crippen LogP contribution in [0.4, 0.5) is 0 Å². The van der Waals surface area contributed by atoms with Crippen LogP contribution in [0.25, 0.3) is 11.1 Å². The highest BCUT2D eigenvalue weighted by atomic mass is 35.5. The van der Waals surface area contributed by atoms with Gasteiger partial charge in [0.25, 0.3) is 0 Å². The lowest BCUT2D eigenvalue weighted by Crippen LogP contribution is -2.26. The molecule has 1 heterocycles. The first-order chi connectivity index (χ1) is 11.6. The Kier molecular flexibility index (Phi) is 5.31. The lowest BCUT2D eigenvalue weighted by atomic mass is 9.76. The molecule has 0 aliphatic heterocycles. The second-order valence-electron chi connectivity index (χ2n) is 6.02. The van der Waals surface area contributed by atoms with Crippen LogP contribution in [0.3, 0.4) is 0 Å². The van der Waals surface area contributed by atoms with Crippen LogP contribution in [0.5, 0.6) is 0 Å². The number of hydrogen-bond acceptors (Lipinski definition) is 2. The molecule has 0 aliphatic rings. The normalized spacial score (nSPS) is 13.7. The van der Waals surface area contributed by atoms with E-state index in [4.69, 9.17) is 28.9 Å². The Morgan fingerprint density at radius 2 is 1.75 bits per heavy atom. The number of hydrogen-bond donors (Lipinski definition) is 1. The average Bonchev–Trinajstić information content (AvgIpc) is 3.08. The van der Waals surface area contributed by atoms with Crippen molar-refractivity contribution in [3.05, 3.63) is 80.5 Å². The van der Waals surface area contributed by atoms with Gasteiger partial charge in [-0.3, -0.25) is 0 Å². The summed E-state index contributed by atoms with van der Waals surface area (Å²) in [6.07, 6.45) is 0.864. The van der Waals surface area contributed by atoms with Gasteiger partial charge in [-0.05, 0) is 53.7 Å². The SMILES string of the molecule is CC(CCN)(c1ccccc1)c1sccc1-c1cc(Cl)ccc1Cl. The van der Waals surface area contributed by atoms with Crippen molar-refractivity contribution in [1.82, 2.24) is 0 Å². The molecule has 0 amide bonds. The zero-order chi connectivity index (χ0) is 17.2. The number of thiophene rings is 1. The van der Waals surface area contributed by atoms with Gasteiger partial charge in [-0.15, -0.1) is 11.3 Å². The van der Waals surface area contributed by atoms with Crippen molar-refractivity contribution in [2.75, 3.05) is 6.54 Å². The molecule has 0 saturated carbocycles. The summed E-state index contributed by atoms with van der Waals surface area (Å²) in [5.74, 6) is 0. The van der Waals surface area contributed by atoms with Crippen LogP contribution in [-0.2, 0) is 5.41 Å². The number of halogens is 2. The molecule has 1 atom stereocenters. The molecular formula is C20H19Cl2NS. The van der Waals surface area contributed by atoms with Crippen LogP contribution in [0.2, 0.25) is 10.0 Å². The van der Waals surface area contributed by atoms with Crippen LogP contribution in [-0.4, -0.2) is 6.54 Å². The smallest absolute Gasteiger partial charge is 0.0485 e. The van der Waals surface area contributed by atoms with Gasteiger partial charge in [-0.2, -0.15) is 0 Å². The van der Waals surface area contributed by atoms with Crippen LogP contribution < -0.4 is 5.73 Å². The molecule has 0 bridgehead atoms. The molecule has 3 rings (SSSR count). The second-order valence-corrected chi connectivity index (χ2v) is 7.78. The lowest BCUT2D eigenvalue weighted by molar-refractivity contribution is 0.539. The molecule has 1 aromatic heterocycles. The molecule has 0 radical (unpaired) electrons. The van der Waals surface area contributed by atoms with Gasteiger partial charge < -0.3 is 5.73 Å². The maximum Gasteiger partial charge on any atom is 0.0485 e. The summed E-state index contributed by atoms with van der Waals surface area (Å²) in [5.41, 5.74) is 9.16. The third-order valence-corrected chi connectivity index (χ3v) is 6.18. The largest absolute Gasteiger partial charge is 0.330 e. The van der Waals surface area contributed by atoms with Crippen molar-refractivity contribution in [2.45, 2.75) is 18.8 Å². The van der Waals surface area contributed by atoms with Crippen LogP contribution >= 0.6 is 34.5 Å². The molecule has 1 nitrogen and oxygen atoms in total. The molecule has 0 aliphatic carbocycles. The van der Waals surface area contributed by atoms with E-state index in [0.29, 0.717) is 16.6 Å². The highest BCUT2D eigenvalue weighted by Crippen LogP contribution is 2.45. The van der Waals surface area contributed by atoms with E-state index in [2.05, 4.69) is 42.6 Å². The predicted molar refractivity (Wildman–Crippen MR) is 106 cm³/mol. The van der Waals surface area contributed by atoms with Gasteiger partial charge in [0, 0.05) is 25.9 Å². The van der Waals surface area contributed by atoms with Crippen molar-refractivity contribution in [3.63, 3.8) is 0 Å². The summed E-state index contributed by atoms with van der Waals surface area (Å²) in [6.45, 7) is 2.87. The highest BCUT2D eigenvalue weighted by Gasteiger charge is 2.32. The zero-order valence-corrected chi connectivity index (χ0v) is 15.8. The maximum absolute atomic E-state index is 6.45. The zero-order valence-electron chi connectivity index (χ0n) is 13.4. The Morgan fingerprint density at radius 1 is 1.00 bits per heavy atom. The van der Waals surface area contributed by atoms with E-state index in [1.54, 1.807) is 11.3 Å². The van der Waals surface area contributed by atoms with E-state index < -0.39 is 0 Å². The molecule has 2 N–H and O–H groups in total. The summed E-state index contributed by atoms with van der Waals surface area (Å²) >= 11 is 14.4. The van der Waals surface area contributed by atoms with Gasteiger partial charge in [0.1, 0.15) is 0 Å². The minimum absolute atomic E-state index is 0.162. The lowest BCUT2D eigenvalue weighted by Gasteiger charge is -2.30. The minimum atomic E-state index is -0.162. The first-order valence-corrected chi connectivity index (χ1v) is 9.49. The highest BCUT2D eigenvalue weighted by molar-refractivity contribution is 7.10. The Hall–Kier alpha value is -1.32. The number of benzene rings is 2. The Bertz CT molecular complexity index is 829. The molecule has 0 saturated heterocycles. The van der Waals surface area contributed by atoms with Crippen molar-refractivity contribution >= 4 is 34.5 Å². The first-order valence-electron chi connectivity index (χ1n) is 7.85. The molecule has 1 unspecified atom stereocenters. The minimum Gasteiger partial charge on any atom is -0.330 e. The summed E-state index contributed by atoms with van der Waals surface area (Å²) < 4.78 is 0. The number of rotatable bonds is 5. The van der Waals surface area contributed by atoms with Crippen LogP contribution in [0.15, 0.2) is 60.0 Å². The molecular weight excluding hydrogens is 357 g/mol. The summed E-state index contributed by atoms with van der Waals surface area (Å²) in [5, 5.41) is 3.51. The molecule has 0 fully saturated rings. The van der Waals surface area contributed by atoms with Gasteiger partial charge in [0.05, 0.1) is 0 Å². The van der Waals surface area contributed by atoms with Crippen molar-refractivity contribution in [3.8, 4) is 11.1 Å². The van der Waals surface area contributed by atoms with E-state index in [1.165, 1.54) is 10.4 Å². The molecule has 124 valence electrons. The van der Waals surface area contributed by atoms with E-state index in [0.717, 1.165) is 17.5 Å². The van der Waals surface area contributed by atoms with E-state index in [1.807, 2.05) is 24.3 Å². The molecule has 4 heteroatoms. The first kappa shape index (κ1) is 17.5. The maximum atomic E-state index is 6.45. The van der Waals surface area contributed by atoms with E-state index in [-0.39, 0.29) is 5.41 Å². The summed E-state index contributed by atoms with van der Waals surface area (Å²) in [6, 6.07) is 18.2. The fourth-order valence-corrected chi connectivity index (χ4v) is 4.65. The van der Waals surface area contributed by atoms with Gasteiger partial charge in [0.15, 0.2) is 0 Å². The van der Waals surface area contributed by atoms with Gasteiger partial charge >= 0.3 is 0 Å². The molecule has 3 aromatic rings. The standard InChI is InChI=1S/C20H19Cl2NS/c1-20(10-11-23,14-5-3-2-4-6-14)19-16(9-12-24-19)17-13-15(21)7-8-18(17)22/h2-9,12-13H,10-11,23H2,1H3. The van der Waals surface area contributed by atoms with Crippen molar-refractivity contribution in [1.29, 1.82) is 0 Å². The van der Waals surface area contributed by atoms with E-state index in [9.17, 15) is 0 Å². The fourth-order valence-electron chi connectivity index (χ4n) is 3.14. The third-order valence-electron chi connectivity index (χ3n) is 4.44. The summed E-state index contributed by atoms with van der Waals surface area (Å²) in [7, 11) is 0. The topological polar surface area (TPSA) is 26.0 Å². The molecule has 0 spiro atoms. The Labute approximate surface area is 157 Å². The monoisotopic (exact) mass is 375 g/mol. The molecule has 24 heavy (non-hydrogen) atoms. The predicted octanol–water partition coefficient (Wildman–Crippen LogP) is 6.38. The van der Waals surface area contributed by atoms with Gasteiger partial charge in [0.2, 0.25) is 0 Å². The fraction of sp³-hybridized carbons (Fsp3) is 0.200. The second kappa shape index (κ2) is 7.28. The average molecular weight is 376 g/mol. The third kappa shape index (κ3) is 3.25. The van der Waals surface area contributed by atoms with Crippen molar-refractivity contribution < 1.29 is 0 Å². The summed E-state index contributed by atoms with van der Waals surface area (Å²) in [4.78, 5) is 1.27. The van der Waals surface area contributed by atoms with Gasteiger partial charge in [-0.25, -0.2) is 0 Å². The van der Waals surface area contributed by atoms with Crippen molar-refractivity contribution in [2.24, 2.45) is 5.73 Å². The Morgan fingerprint density at radius 3 is 2.46 bits per heavy atom. The van der Waals surface area contributed by atoms with E-state index >= 15 is 0 Å². The van der Waals surface area contributed by atoms with Gasteiger partial charge in [-0.1, -0.05) is 60.5 Å². The quantitative estimate of drug-likeness (QED) is 0.550. The molecule has 2 aromatic carbocycles. The van der Waals surface area contributed by atoms with Crippen LogP contribution in [0, 0.1) is 0 Å². The number of nitrogens with two attached hydrogens (primary N) is 1. The Balaban J connectivity index is 2.18.